The lowest BCUT2D eigenvalue weighted by molar-refractivity contribution is -0.107. The Morgan fingerprint density at radius 3 is 2.50 bits per heavy atom. The van der Waals surface area contributed by atoms with Crippen LogP contribution in [0.25, 0.3) is 0 Å². The molecular weight excluding hydrogens is 298 g/mol. The average Bonchev–Trinajstić information content (AvgIpc) is 2.90. The van der Waals surface area contributed by atoms with Crippen LogP contribution in [0, 0.1) is 0 Å². The fraction of sp³-hybridized carbons (Fsp3) is 0.471. The summed E-state index contributed by atoms with van der Waals surface area (Å²) in [5.41, 5.74) is 1.78. The number of ketones is 1. The van der Waals surface area contributed by atoms with Gasteiger partial charge in [-0.1, -0.05) is 30.2 Å². The van der Waals surface area contributed by atoms with Crippen molar-refractivity contribution in [3.05, 3.63) is 34.9 Å². The Bertz CT molecular complexity index is 615. The lowest BCUT2D eigenvalue weighted by atomic mass is 9.99. The van der Waals surface area contributed by atoms with Crippen LogP contribution in [0.1, 0.15) is 38.2 Å². The number of benzene rings is 1. The summed E-state index contributed by atoms with van der Waals surface area (Å²) in [6.45, 7) is 4.41. The minimum atomic E-state index is -0.0498. The molecule has 0 amide bonds. The number of rotatable bonds is 4. The number of likely N-dealkylation sites (tertiary alicyclic amines) is 1. The van der Waals surface area contributed by atoms with Gasteiger partial charge in [0.05, 0.1) is 0 Å². The number of piperidine rings is 1. The molecule has 2 heterocycles. The van der Waals surface area contributed by atoms with Gasteiger partial charge >= 0.3 is 0 Å². The van der Waals surface area contributed by atoms with Crippen molar-refractivity contribution in [2.75, 3.05) is 13.1 Å². The second kappa shape index (κ2) is 6.71. The number of carbonyl (C=O) groups is 1. The Kier molecular flexibility index (Phi) is 4.69. The SMILES string of the molecule is CC(CC1=NN=C(c2ccc(Cl)cc2)C1=O)N1CCCCC1. The number of Topliss-reactive ketones (excluding diaryl/α,β-unsaturated/α-hetero) is 1. The number of nitrogens with zero attached hydrogens (tertiary/aromatic N) is 3. The van der Waals surface area contributed by atoms with Gasteiger partial charge in [0.15, 0.2) is 0 Å². The maximum absolute atomic E-state index is 12.5. The normalized spacial score (nSPS) is 20.7. The van der Waals surface area contributed by atoms with E-state index in [4.69, 9.17) is 11.6 Å². The van der Waals surface area contributed by atoms with Gasteiger partial charge in [-0.2, -0.15) is 5.10 Å². The number of hydrogen-bond donors (Lipinski definition) is 0. The summed E-state index contributed by atoms with van der Waals surface area (Å²) in [5, 5.41) is 8.86. The Balaban J connectivity index is 1.63. The maximum atomic E-state index is 12.5. The van der Waals surface area contributed by atoms with Gasteiger partial charge in [-0.05, 0) is 45.0 Å². The molecule has 1 atom stereocenters. The van der Waals surface area contributed by atoms with Crippen LogP contribution >= 0.6 is 11.6 Å². The molecule has 0 spiro atoms. The molecule has 1 aromatic carbocycles. The minimum Gasteiger partial charge on any atom is -0.300 e. The molecule has 0 saturated carbocycles. The molecule has 0 bridgehead atoms. The third kappa shape index (κ3) is 3.28. The molecule has 0 aliphatic carbocycles. The highest BCUT2D eigenvalue weighted by molar-refractivity contribution is 6.71. The Hall–Kier alpha value is -1.52. The van der Waals surface area contributed by atoms with Crippen LogP contribution in [0.2, 0.25) is 5.02 Å². The Labute approximate surface area is 135 Å². The average molecular weight is 318 g/mol. The fourth-order valence-electron chi connectivity index (χ4n) is 3.04. The molecule has 1 saturated heterocycles. The molecule has 0 N–H and O–H groups in total. The molecule has 1 unspecified atom stereocenters. The molecule has 4 nitrogen and oxygen atoms in total. The van der Waals surface area contributed by atoms with Crippen molar-refractivity contribution in [3.8, 4) is 0 Å². The van der Waals surface area contributed by atoms with Crippen molar-refractivity contribution in [2.24, 2.45) is 10.2 Å². The topological polar surface area (TPSA) is 45.0 Å². The monoisotopic (exact) mass is 317 g/mol. The predicted octanol–water partition coefficient (Wildman–Crippen LogP) is 3.33. The summed E-state index contributed by atoms with van der Waals surface area (Å²) in [4.78, 5) is 14.9. The molecule has 22 heavy (non-hydrogen) atoms. The first kappa shape index (κ1) is 15.4. The van der Waals surface area contributed by atoms with Crippen molar-refractivity contribution >= 4 is 28.8 Å². The fourth-order valence-corrected chi connectivity index (χ4v) is 3.16. The van der Waals surface area contributed by atoms with Crippen LogP contribution in [0.3, 0.4) is 0 Å². The molecule has 116 valence electrons. The molecule has 0 radical (unpaired) electrons. The highest BCUT2D eigenvalue weighted by Gasteiger charge is 2.28. The van der Waals surface area contributed by atoms with Crippen LogP contribution in [0.4, 0.5) is 0 Å². The maximum Gasteiger partial charge on any atom is 0.229 e. The van der Waals surface area contributed by atoms with Gasteiger partial charge < -0.3 is 4.90 Å². The molecule has 2 aliphatic heterocycles. The van der Waals surface area contributed by atoms with E-state index >= 15 is 0 Å². The zero-order valence-electron chi connectivity index (χ0n) is 12.8. The van der Waals surface area contributed by atoms with Gasteiger partial charge in [0.1, 0.15) is 11.4 Å². The van der Waals surface area contributed by atoms with E-state index < -0.39 is 0 Å². The number of hydrogen-bond acceptors (Lipinski definition) is 4. The number of carbonyl (C=O) groups excluding carboxylic acids is 1. The summed E-state index contributed by atoms with van der Waals surface area (Å²) < 4.78 is 0. The highest BCUT2D eigenvalue weighted by Crippen LogP contribution is 2.18. The van der Waals surface area contributed by atoms with Gasteiger partial charge in [-0.15, -0.1) is 5.10 Å². The first-order valence-electron chi connectivity index (χ1n) is 7.84. The molecule has 3 rings (SSSR count). The van der Waals surface area contributed by atoms with Crippen LogP contribution in [-0.4, -0.2) is 41.2 Å². The lowest BCUT2D eigenvalue weighted by Gasteiger charge is -2.32. The largest absolute Gasteiger partial charge is 0.300 e. The quantitative estimate of drug-likeness (QED) is 0.855. The first-order chi connectivity index (χ1) is 10.6. The molecule has 0 aromatic heterocycles. The third-order valence-electron chi connectivity index (χ3n) is 4.37. The Morgan fingerprint density at radius 1 is 1.14 bits per heavy atom. The van der Waals surface area contributed by atoms with E-state index in [2.05, 4.69) is 22.0 Å². The van der Waals surface area contributed by atoms with Gasteiger partial charge in [-0.3, -0.25) is 4.79 Å². The van der Waals surface area contributed by atoms with Crippen molar-refractivity contribution in [3.63, 3.8) is 0 Å². The minimum absolute atomic E-state index is 0.0498. The second-order valence-corrected chi connectivity index (χ2v) is 6.42. The standard InChI is InChI=1S/C17H20ClN3O/c1-12(21-9-3-2-4-10-21)11-15-17(22)16(20-19-15)13-5-7-14(18)8-6-13/h5-8,12H,2-4,9-11H2,1H3. The van der Waals surface area contributed by atoms with Crippen LogP contribution in [0.5, 0.6) is 0 Å². The van der Waals surface area contributed by atoms with Gasteiger partial charge in [0, 0.05) is 23.0 Å². The van der Waals surface area contributed by atoms with Crippen molar-refractivity contribution in [2.45, 2.75) is 38.6 Å². The molecular formula is C17H20ClN3O. The third-order valence-corrected chi connectivity index (χ3v) is 4.62. The summed E-state index contributed by atoms with van der Waals surface area (Å²) in [5.74, 6) is -0.0498. The van der Waals surface area contributed by atoms with E-state index in [1.165, 1.54) is 19.3 Å². The molecule has 1 fully saturated rings. The van der Waals surface area contributed by atoms with Crippen molar-refractivity contribution in [1.82, 2.24) is 4.90 Å². The predicted molar refractivity (Wildman–Crippen MR) is 89.9 cm³/mol. The van der Waals surface area contributed by atoms with Crippen molar-refractivity contribution < 1.29 is 4.79 Å². The second-order valence-electron chi connectivity index (χ2n) is 5.98. The summed E-state index contributed by atoms with van der Waals surface area (Å²) in [6, 6.07) is 7.49. The van der Waals surface area contributed by atoms with E-state index in [1.807, 2.05) is 12.1 Å². The summed E-state index contributed by atoms with van der Waals surface area (Å²) in [6.07, 6.45) is 4.47. The van der Waals surface area contributed by atoms with E-state index in [-0.39, 0.29) is 5.78 Å². The summed E-state index contributed by atoms with van der Waals surface area (Å²) >= 11 is 5.88. The van der Waals surface area contributed by atoms with E-state index in [0.717, 1.165) is 18.7 Å². The van der Waals surface area contributed by atoms with Gasteiger partial charge in [-0.25, -0.2) is 0 Å². The van der Waals surface area contributed by atoms with E-state index in [1.54, 1.807) is 12.1 Å². The lowest BCUT2D eigenvalue weighted by Crippen LogP contribution is -2.39. The van der Waals surface area contributed by atoms with Crippen molar-refractivity contribution in [1.29, 1.82) is 0 Å². The Morgan fingerprint density at radius 2 is 1.82 bits per heavy atom. The number of halogens is 1. The smallest absolute Gasteiger partial charge is 0.229 e. The van der Waals surface area contributed by atoms with Crippen LogP contribution < -0.4 is 0 Å². The first-order valence-corrected chi connectivity index (χ1v) is 8.22. The molecule has 1 aromatic rings. The zero-order valence-corrected chi connectivity index (χ0v) is 13.5. The molecule has 5 heteroatoms. The zero-order chi connectivity index (χ0) is 15.5. The van der Waals surface area contributed by atoms with E-state index in [0.29, 0.717) is 28.9 Å². The van der Waals surface area contributed by atoms with Crippen LogP contribution in [0.15, 0.2) is 34.5 Å². The molecule has 2 aliphatic rings. The van der Waals surface area contributed by atoms with Gasteiger partial charge in [0.2, 0.25) is 5.78 Å². The summed E-state index contributed by atoms with van der Waals surface area (Å²) in [7, 11) is 0. The van der Waals surface area contributed by atoms with Crippen LogP contribution in [-0.2, 0) is 4.79 Å². The van der Waals surface area contributed by atoms with E-state index in [9.17, 15) is 4.79 Å². The highest BCUT2D eigenvalue weighted by atomic mass is 35.5. The van der Waals surface area contributed by atoms with Gasteiger partial charge in [0.25, 0.3) is 0 Å².